The zero-order valence-electron chi connectivity index (χ0n) is 8.65. The quantitative estimate of drug-likeness (QED) is 0.514. The van der Waals surface area contributed by atoms with Crippen LogP contribution in [0.25, 0.3) is 0 Å². The van der Waals surface area contributed by atoms with Gasteiger partial charge in [-0.1, -0.05) is 34.8 Å². The summed E-state index contributed by atoms with van der Waals surface area (Å²) in [4.78, 5) is 4.02. The van der Waals surface area contributed by atoms with Gasteiger partial charge in [0, 0.05) is 3.57 Å². The Hall–Kier alpha value is -0.300. The van der Waals surface area contributed by atoms with Crippen LogP contribution in [-0.2, 0) is 0 Å². The summed E-state index contributed by atoms with van der Waals surface area (Å²) >= 11 is 19.6. The number of hydrogen-bond acceptors (Lipinski definition) is 2. The van der Waals surface area contributed by atoms with Crippen LogP contribution in [0.15, 0.2) is 24.3 Å². The summed E-state index contributed by atoms with van der Waals surface area (Å²) in [5.74, 6) is 0.0636. The number of halogens is 5. The van der Waals surface area contributed by atoms with E-state index in [1.54, 1.807) is 6.07 Å². The van der Waals surface area contributed by atoms with Gasteiger partial charge in [0.15, 0.2) is 5.82 Å². The molecule has 2 rings (SSSR count). The van der Waals surface area contributed by atoms with E-state index in [1.807, 2.05) is 22.6 Å². The zero-order valence-corrected chi connectivity index (χ0v) is 13.1. The first-order valence-electron chi connectivity index (χ1n) is 4.71. The van der Waals surface area contributed by atoms with E-state index < -0.39 is 0 Å². The van der Waals surface area contributed by atoms with Gasteiger partial charge in [0.2, 0.25) is 0 Å². The molecule has 0 radical (unpaired) electrons. The highest BCUT2D eigenvalue weighted by Crippen LogP contribution is 2.31. The number of pyridine rings is 1. The summed E-state index contributed by atoms with van der Waals surface area (Å²) in [7, 11) is 0. The maximum Gasteiger partial charge on any atom is 0.151 e. The number of hydrogen-bond donors (Lipinski definition) is 1. The molecule has 94 valence electrons. The van der Waals surface area contributed by atoms with E-state index in [1.165, 1.54) is 18.2 Å². The first-order valence-corrected chi connectivity index (χ1v) is 6.92. The van der Waals surface area contributed by atoms with Gasteiger partial charge >= 0.3 is 0 Å². The Morgan fingerprint density at radius 2 is 1.83 bits per heavy atom. The highest BCUT2D eigenvalue weighted by Gasteiger charge is 2.09. The number of rotatable bonds is 2. The molecule has 1 heterocycles. The molecular formula is C11H5Cl3FIN2. The Bertz CT molecular complexity index is 607. The van der Waals surface area contributed by atoms with Crippen molar-refractivity contribution in [1.29, 1.82) is 0 Å². The molecule has 2 aromatic rings. The van der Waals surface area contributed by atoms with Crippen LogP contribution in [0.4, 0.5) is 15.9 Å². The fourth-order valence-electron chi connectivity index (χ4n) is 1.25. The van der Waals surface area contributed by atoms with Crippen molar-refractivity contribution in [1.82, 2.24) is 4.98 Å². The predicted octanol–water partition coefficient (Wildman–Crippen LogP) is 5.53. The monoisotopic (exact) mass is 416 g/mol. The summed E-state index contributed by atoms with van der Waals surface area (Å²) in [6, 6.07) is 5.83. The molecule has 0 bridgehead atoms. The van der Waals surface area contributed by atoms with Crippen molar-refractivity contribution in [2.45, 2.75) is 0 Å². The molecule has 0 unspecified atom stereocenters. The highest BCUT2D eigenvalue weighted by molar-refractivity contribution is 14.1. The Balaban J connectivity index is 2.37. The van der Waals surface area contributed by atoms with Crippen molar-refractivity contribution in [2.75, 3.05) is 5.32 Å². The van der Waals surface area contributed by atoms with Crippen LogP contribution in [0.3, 0.4) is 0 Å². The highest BCUT2D eigenvalue weighted by atomic mass is 127. The molecule has 18 heavy (non-hydrogen) atoms. The van der Waals surface area contributed by atoms with Crippen molar-refractivity contribution in [3.8, 4) is 0 Å². The largest absolute Gasteiger partial charge is 0.338 e. The second kappa shape index (κ2) is 5.77. The molecule has 1 N–H and O–H groups in total. The van der Waals surface area contributed by atoms with Gasteiger partial charge in [-0.2, -0.15) is 0 Å². The van der Waals surface area contributed by atoms with Crippen LogP contribution < -0.4 is 5.32 Å². The van der Waals surface area contributed by atoms with Crippen LogP contribution >= 0.6 is 57.4 Å². The van der Waals surface area contributed by atoms with Crippen molar-refractivity contribution < 1.29 is 4.39 Å². The maximum atomic E-state index is 13.0. The van der Waals surface area contributed by atoms with E-state index in [0.29, 0.717) is 20.1 Å². The Morgan fingerprint density at radius 3 is 2.50 bits per heavy atom. The summed E-state index contributed by atoms with van der Waals surface area (Å²) < 4.78 is 13.7. The van der Waals surface area contributed by atoms with Gasteiger partial charge in [-0.3, -0.25) is 0 Å². The molecule has 0 aliphatic rings. The van der Waals surface area contributed by atoms with E-state index in [4.69, 9.17) is 34.8 Å². The average molecular weight is 417 g/mol. The fourth-order valence-corrected chi connectivity index (χ4v) is 2.41. The molecule has 0 amide bonds. The minimum atomic E-state index is -0.307. The molecule has 0 spiro atoms. The number of anilines is 2. The van der Waals surface area contributed by atoms with Crippen LogP contribution in [0.1, 0.15) is 0 Å². The fraction of sp³-hybridized carbons (Fsp3) is 0. The normalized spacial score (nSPS) is 10.5. The Morgan fingerprint density at radius 1 is 1.11 bits per heavy atom. The summed E-state index contributed by atoms with van der Waals surface area (Å²) in [5, 5.41) is 3.75. The lowest BCUT2D eigenvalue weighted by molar-refractivity contribution is 0.627. The van der Waals surface area contributed by atoms with Crippen LogP contribution in [0.2, 0.25) is 15.2 Å². The smallest absolute Gasteiger partial charge is 0.151 e. The summed E-state index contributed by atoms with van der Waals surface area (Å²) in [6.45, 7) is 0. The van der Waals surface area contributed by atoms with Crippen LogP contribution in [0.5, 0.6) is 0 Å². The zero-order chi connectivity index (χ0) is 13.3. The minimum absolute atomic E-state index is 0.153. The molecule has 0 fully saturated rings. The standard InChI is InChI=1S/C11H5Cl3FIN2/c12-6-4-7(13)11(18-10(6)14)17-9-2-1-5(15)3-8(9)16/h1-4H,(H,17,18). The Labute approximate surface area is 132 Å². The van der Waals surface area contributed by atoms with Gasteiger partial charge in [-0.05, 0) is 46.9 Å². The lowest BCUT2D eigenvalue weighted by atomic mass is 10.3. The summed E-state index contributed by atoms with van der Waals surface area (Å²) in [5.41, 5.74) is 0.685. The molecule has 7 heteroatoms. The summed E-state index contributed by atoms with van der Waals surface area (Å²) in [6.07, 6.45) is 0. The third-order valence-electron chi connectivity index (χ3n) is 2.07. The predicted molar refractivity (Wildman–Crippen MR) is 81.7 cm³/mol. The molecule has 0 saturated heterocycles. The lowest BCUT2D eigenvalue weighted by Crippen LogP contribution is -1.97. The number of nitrogens with zero attached hydrogens (tertiary/aromatic N) is 1. The molecule has 0 saturated carbocycles. The van der Waals surface area contributed by atoms with Crippen molar-refractivity contribution in [2.24, 2.45) is 0 Å². The molecule has 0 atom stereocenters. The molecule has 1 aromatic heterocycles. The van der Waals surface area contributed by atoms with E-state index in [9.17, 15) is 4.39 Å². The average Bonchev–Trinajstić information content (AvgIpc) is 2.29. The van der Waals surface area contributed by atoms with Gasteiger partial charge in [0.25, 0.3) is 0 Å². The molecular weight excluding hydrogens is 412 g/mol. The van der Waals surface area contributed by atoms with E-state index >= 15 is 0 Å². The van der Waals surface area contributed by atoms with Crippen molar-refractivity contribution in [3.63, 3.8) is 0 Å². The van der Waals surface area contributed by atoms with Crippen LogP contribution in [-0.4, -0.2) is 4.98 Å². The molecule has 0 aliphatic carbocycles. The second-order valence-electron chi connectivity index (χ2n) is 3.34. The number of aromatic nitrogens is 1. The Kier molecular flexibility index (Phi) is 4.53. The van der Waals surface area contributed by atoms with Gasteiger partial charge in [-0.25, -0.2) is 9.37 Å². The third-order valence-corrected chi connectivity index (χ3v) is 3.92. The molecule has 0 aliphatic heterocycles. The van der Waals surface area contributed by atoms with E-state index in [0.717, 1.165) is 0 Å². The van der Waals surface area contributed by atoms with Crippen molar-refractivity contribution in [3.05, 3.63) is 48.9 Å². The van der Waals surface area contributed by atoms with Crippen LogP contribution in [0, 0.1) is 9.39 Å². The maximum absolute atomic E-state index is 13.0. The van der Waals surface area contributed by atoms with Gasteiger partial charge in [0.05, 0.1) is 15.7 Å². The first-order chi connectivity index (χ1) is 8.47. The molecule has 2 nitrogen and oxygen atoms in total. The number of nitrogens with one attached hydrogen (secondary N) is 1. The minimum Gasteiger partial charge on any atom is -0.338 e. The third kappa shape index (κ3) is 3.17. The van der Waals surface area contributed by atoms with E-state index in [2.05, 4.69) is 10.3 Å². The van der Waals surface area contributed by atoms with Gasteiger partial charge < -0.3 is 5.32 Å². The topological polar surface area (TPSA) is 24.9 Å². The molecule has 1 aromatic carbocycles. The van der Waals surface area contributed by atoms with E-state index in [-0.39, 0.29) is 16.0 Å². The number of benzene rings is 1. The second-order valence-corrected chi connectivity index (χ2v) is 5.68. The lowest BCUT2D eigenvalue weighted by Gasteiger charge is -2.10. The van der Waals surface area contributed by atoms with Gasteiger partial charge in [-0.15, -0.1) is 0 Å². The van der Waals surface area contributed by atoms with Gasteiger partial charge in [0.1, 0.15) is 11.0 Å². The van der Waals surface area contributed by atoms with Crippen molar-refractivity contribution >= 4 is 68.9 Å². The SMILES string of the molecule is Fc1ccc(Nc2nc(Cl)c(Cl)cc2Cl)c(I)c1. The first kappa shape index (κ1) is 14.1.